The molecular formula is C16H16Cl2N2O3S. The SMILES string of the molecule is Cc1ccc(S(=O)(=O)NCC(=O)Nc2ccc(Cl)cc2Cl)cc1C. The van der Waals surface area contributed by atoms with Gasteiger partial charge in [-0.2, -0.15) is 0 Å². The van der Waals surface area contributed by atoms with Crippen molar-refractivity contribution in [2.45, 2.75) is 18.7 Å². The Balaban J connectivity index is 2.03. The van der Waals surface area contributed by atoms with E-state index in [-0.39, 0.29) is 9.92 Å². The molecule has 0 fully saturated rings. The summed E-state index contributed by atoms with van der Waals surface area (Å²) in [5, 5.41) is 3.24. The molecule has 0 bridgehead atoms. The van der Waals surface area contributed by atoms with Crippen molar-refractivity contribution in [3.8, 4) is 0 Å². The first-order valence-electron chi connectivity index (χ1n) is 7.01. The molecule has 24 heavy (non-hydrogen) atoms. The molecule has 0 radical (unpaired) electrons. The van der Waals surface area contributed by atoms with Crippen molar-refractivity contribution >= 4 is 44.8 Å². The van der Waals surface area contributed by atoms with E-state index in [1.54, 1.807) is 24.3 Å². The molecule has 2 rings (SSSR count). The maximum absolute atomic E-state index is 12.2. The summed E-state index contributed by atoms with van der Waals surface area (Å²) < 4.78 is 26.7. The maximum atomic E-state index is 12.2. The molecule has 2 aromatic rings. The lowest BCUT2D eigenvalue weighted by Gasteiger charge is -2.10. The minimum Gasteiger partial charge on any atom is -0.324 e. The van der Waals surface area contributed by atoms with Crippen LogP contribution in [0.15, 0.2) is 41.3 Å². The summed E-state index contributed by atoms with van der Waals surface area (Å²) in [5.74, 6) is -0.536. The highest BCUT2D eigenvalue weighted by molar-refractivity contribution is 7.89. The molecule has 0 heterocycles. The number of anilines is 1. The van der Waals surface area contributed by atoms with Gasteiger partial charge in [0.05, 0.1) is 22.2 Å². The highest BCUT2D eigenvalue weighted by Crippen LogP contribution is 2.25. The van der Waals surface area contributed by atoms with Crippen molar-refractivity contribution in [2.24, 2.45) is 0 Å². The fourth-order valence-corrected chi connectivity index (χ4v) is 3.43. The van der Waals surface area contributed by atoms with E-state index in [4.69, 9.17) is 23.2 Å². The van der Waals surface area contributed by atoms with E-state index in [2.05, 4.69) is 10.0 Å². The van der Waals surface area contributed by atoms with Crippen LogP contribution in [-0.2, 0) is 14.8 Å². The molecule has 0 spiro atoms. The first-order valence-corrected chi connectivity index (χ1v) is 9.25. The van der Waals surface area contributed by atoms with Gasteiger partial charge >= 0.3 is 0 Å². The van der Waals surface area contributed by atoms with Crippen LogP contribution in [0.3, 0.4) is 0 Å². The summed E-state index contributed by atoms with van der Waals surface area (Å²) >= 11 is 11.7. The number of hydrogen-bond donors (Lipinski definition) is 2. The molecule has 8 heteroatoms. The number of hydrogen-bond acceptors (Lipinski definition) is 3. The van der Waals surface area contributed by atoms with Crippen molar-refractivity contribution in [1.82, 2.24) is 4.72 Å². The zero-order valence-electron chi connectivity index (χ0n) is 13.1. The Morgan fingerprint density at radius 1 is 1.04 bits per heavy atom. The average Bonchev–Trinajstić information content (AvgIpc) is 2.51. The standard InChI is InChI=1S/C16H16Cl2N2O3S/c1-10-3-5-13(7-11(10)2)24(22,23)19-9-16(21)20-15-6-4-12(17)8-14(15)18/h3-8,19H,9H2,1-2H3,(H,20,21). The summed E-state index contributed by atoms with van der Waals surface area (Å²) in [6.45, 7) is 3.31. The molecule has 1 amide bonds. The molecule has 0 atom stereocenters. The predicted octanol–water partition coefficient (Wildman–Crippen LogP) is 3.53. The average molecular weight is 387 g/mol. The van der Waals surface area contributed by atoms with Gasteiger partial charge < -0.3 is 5.32 Å². The molecule has 0 saturated carbocycles. The van der Waals surface area contributed by atoms with Crippen LogP contribution < -0.4 is 10.0 Å². The second kappa shape index (κ2) is 7.53. The molecule has 0 aliphatic heterocycles. The predicted molar refractivity (Wildman–Crippen MR) is 96.2 cm³/mol. The van der Waals surface area contributed by atoms with Crippen LogP contribution in [0.25, 0.3) is 0 Å². The molecule has 2 aromatic carbocycles. The van der Waals surface area contributed by atoms with Crippen molar-refractivity contribution in [2.75, 3.05) is 11.9 Å². The number of amides is 1. The first-order chi connectivity index (χ1) is 11.2. The zero-order valence-corrected chi connectivity index (χ0v) is 15.4. The molecule has 2 N–H and O–H groups in total. The van der Waals surface area contributed by atoms with Crippen LogP contribution >= 0.6 is 23.2 Å². The van der Waals surface area contributed by atoms with Gasteiger partial charge in [-0.25, -0.2) is 13.1 Å². The number of carbonyl (C=O) groups excluding carboxylic acids is 1. The largest absolute Gasteiger partial charge is 0.324 e. The fourth-order valence-electron chi connectivity index (χ4n) is 1.91. The van der Waals surface area contributed by atoms with E-state index in [0.29, 0.717) is 10.7 Å². The molecule has 0 unspecified atom stereocenters. The van der Waals surface area contributed by atoms with Gasteiger partial charge in [0.2, 0.25) is 15.9 Å². The van der Waals surface area contributed by atoms with Gasteiger partial charge in [-0.3, -0.25) is 4.79 Å². The van der Waals surface area contributed by atoms with Crippen LogP contribution in [-0.4, -0.2) is 20.9 Å². The highest BCUT2D eigenvalue weighted by Gasteiger charge is 2.16. The van der Waals surface area contributed by atoms with E-state index in [1.807, 2.05) is 13.8 Å². The van der Waals surface area contributed by atoms with E-state index >= 15 is 0 Å². The normalized spacial score (nSPS) is 11.3. The van der Waals surface area contributed by atoms with Gasteiger partial charge in [0, 0.05) is 5.02 Å². The lowest BCUT2D eigenvalue weighted by molar-refractivity contribution is -0.115. The Kier molecular flexibility index (Phi) is 5.87. The Morgan fingerprint density at radius 2 is 1.75 bits per heavy atom. The molecule has 0 saturated heterocycles. The zero-order chi connectivity index (χ0) is 17.9. The van der Waals surface area contributed by atoms with E-state index in [9.17, 15) is 13.2 Å². The van der Waals surface area contributed by atoms with E-state index in [0.717, 1.165) is 11.1 Å². The lowest BCUT2D eigenvalue weighted by atomic mass is 10.1. The van der Waals surface area contributed by atoms with Crippen LogP contribution in [0.5, 0.6) is 0 Å². The van der Waals surface area contributed by atoms with Crippen LogP contribution in [0, 0.1) is 13.8 Å². The molecule has 0 aliphatic carbocycles. The van der Waals surface area contributed by atoms with Gasteiger partial charge in [0.1, 0.15) is 0 Å². The van der Waals surface area contributed by atoms with Gasteiger partial charge in [0.25, 0.3) is 0 Å². The summed E-state index contributed by atoms with van der Waals surface area (Å²) in [6.07, 6.45) is 0. The minimum absolute atomic E-state index is 0.114. The molecule has 0 aromatic heterocycles. The third kappa shape index (κ3) is 4.70. The Morgan fingerprint density at radius 3 is 2.38 bits per heavy atom. The smallest absolute Gasteiger partial charge is 0.241 e. The maximum Gasteiger partial charge on any atom is 0.241 e. The van der Waals surface area contributed by atoms with Crippen LogP contribution in [0.4, 0.5) is 5.69 Å². The summed E-state index contributed by atoms with van der Waals surface area (Å²) in [6, 6.07) is 9.38. The van der Waals surface area contributed by atoms with Crippen molar-refractivity contribution in [3.05, 3.63) is 57.6 Å². The van der Waals surface area contributed by atoms with Crippen molar-refractivity contribution in [1.29, 1.82) is 0 Å². The number of aryl methyl sites for hydroxylation is 2. The third-order valence-corrected chi connectivity index (χ3v) is 5.36. The molecular weight excluding hydrogens is 371 g/mol. The van der Waals surface area contributed by atoms with Gasteiger partial charge in [-0.15, -0.1) is 0 Å². The number of benzene rings is 2. The van der Waals surface area contributed by atoms with Crippen molar-refractivity contribution < 1.29 is 13.2 Å². The number of carbonyl (C=O) groups is 1. The third-order valence-electron chi connectivity index (χ3n) is 3.42. The molecule has 0 aliphatic rings. The van der Waals surface area contributed by atoms with Gasteiger partial charge in [-0.05, 0) is 55.3 Å². The Bertz CT molecular complexity index is 883. The van der Waals surface area contributed by atoms with Gasteiger partial charge in [0.15, 0.2) is 0 Å². The van der Waals surface area contributed by atoms with E-state index in [1.165, 1.54) is 12.1 Å². The topological polar surface area (TPSA) is 75.3 Å². The summed E-state index contributed by atoms with van der Waals surface area (Å²) in [5.41, 5.74) is 2.20. The second-order valence-electron chi connectivity index (χ2n) is 5.24. The minimum atomic E-state index is -3.77. The lowest BCUT2D eigenvalue weighted by Crippen LogP contribution is -2.33. The van der Waals surface area contributed by atoms with Gasteiger partial charge in [-0.1, -0.05) is 29.3 Å². The Hall–Kier alpha value is -1.60. The highest BCUT2D eigenvalue weighted by atomic mass is 35.5. The van der Waals surface area contributed by atoms with Crippen LogP contribution in [0.1, 0.15) is 11.1 Å². The van der Waals surface area contributed by atoms with Crippen LogP contribution in [0.2, 0.25) is 10.0 Å². The summed E-state index contributed by atoms with van der Waals surface area (Å²) in [7, 11) is -3.77. The molecule has 128 valence electrons. The first kappa shape index (κ1) is 18.7. The fraction of sp³-hybridized carbons (Fsp3) is 0.188. The number of rotatable bonds is 5. The number of sulfonamides is 1. The number of nitrogens with one attached hydrogen (secondary N) is 2. The monoisotopic (exact) mass is 386 g/mol. The number of halogens is 2. The quantitative estimate of drug-likeness (QED) is 0.824. The van der Waals surface area contributed by atoms with E-state index < -0.39 is 22.5 Å². The molecule has 5 nitrogen and oxygen atoms in total. The second-order valence-corrected chi connectivity index (χ2v) is 7.85. The van der Waals surface area contributed by atoms with Crippen molar-refractivity contribution in [3.63, 3.8) is 0 Å². The summed E-state index contributed by atoms with van der Waals surface area (Å²) in [4.78, 5) is 12.0. The Labute approximate surface area is 151 Å².